The van der Waals surface area contributed by atoms with E-state index < -0.39 is 11.9 Å². The third-order valence-corrected chi connectivity index (χ3v) is 3.58. The molecule has 5 nitrogen and oxygen atoms in total. The maximum Gasteiger partial charge on any atom is 0.433 e. The Balaban J connectivity index is 2.06. The molecule has 2 heterocycles. The molecule has 1 aliphatic carbocycles. The highest BCUT2D eigenvalue weighted by molar-refractivity contribution is 5.56. The topological polar surface area (TPSA) is 56.7 Å². The minimum Gasteiger partial charge on any atom is -0.334 e. The van der Waals surface area contributed by atoms with E-state index in [0.717, 1.165) is 36.5 Å². The van der Waals surface area contributed by atoms with Gasteiger partial charge in [0.05, 0.1) is 17.8 Å². The average Bonchev–Trinajstić information content (AvgIpc) is 3.08. The Morgan fingerprint density at radius 2 is 1.95 bits per heavy atom. The summed E-state index contributed by atoms with van der Waals surface area (Å²) in [5.74, 6) is -0.153. The van der Waals surface area contributed by atoms with Crippen molar-refractivity contribution in [3.05, 3.63) is 18.2 Å². The first kappa shape index (κ1) is 13.1. The first-order valence-corrected chi connectivity index (χ1v) is 6.49. The van der Waals surface area contributed by atoms with Gasteiger partial charge in [-0.15, -0.1) is 0 Å². The fourth-order valence-electron chi connectivity index (χ4n) is 2.70. The van der Waals surface area contributed by atoms with E-state index in [1.54, 1.807) is 0 Å². The zero-order valence-corrected chi connectivity index (χ0v) is 10.6. The van der Waals surface area contributed by atoms with Crippen molar-refractivity contribution in [2.75, 3.05) is 0 Å². The molecule has 1 fully saturated rings. The fourth-order valence-corrected chi connectivity index (χ4v) is 2.70. The maximum absolute atomic E-state index is 13.3. The van der Waals surface area contributed by atoms with E-state index in [1.807, 2.05) is 0 Å². The van der Waals surface area contributed by atoms with Crippen LogP contribution in [0.4, 0.5) is 13.2 Å². The van der Waals surface area contributed by atoms with Gasteiger partial charge >= 0.3 is 6.18 Å². The molecule has 0 spiro atoms. The molecule has 0 aromatic carbocycles. The Labute approximate surface area is 112 Å². The Morgan fingerprint density at radius 3 is 2.55 bits per heavy atom. The summed E-state index contributed by atoms with van der Waals surface area (Å²) < 4.78 is 45.8. The minimum atomic E-state index is -4.50. The number of hydrogen-bond acceptors (Lipinski definition) is 4. The second-order valence-corrected chi connectivity index (χ2v) is 4.89. The lowest BCUT2D eigenvalue weighted by Gasteiger charge is -2.24. The number of hydrogen-bond donors (Lipinski definition) is 0. The minimum absolute atomic E-state index is 0.152. The smallest absolute Gasteiger partial charge is 0.334 e. The van der Waals surface area contributed by atoms with Crippen molar-refractivity contribution in [2.24, 2.45) is 0 Å². The van der Waals surface area contributed by atoms with Crippen molar-refractivity contribution in [1.82, 2.24) is 19.9 Å². The second kappa shape index (κ2) is 4.92. The van der Waals surface area contributed by atoms with Crippen molar-refractivity contribution in [3.8, 4) is 11.5 Å². The molecule has 2 aromatic rings. The number of aromatic nitrogens is 4. The number of alkyl halides is 3. The highest BCUT2D eigenvalue weighted by Gasteiger charge is 2.41. The molecule has 0 amide bonds. The molecule has 108 valence electrons. The van der Waals surface area contributed by atoms with Gasteiger partial charge in [0.25, 0.3) is 5.89 Å². The summed E-state index contributed by atoms with van der Waals surface area (Å²) in [5, 5.41) is 7.28. The molecular weight excluding hydrogens is 273 g/mol. The quantitative estimate of drug-likeness (QED) is 0.848. The zero-order chi connectivity index (χ0) is 14.2. The van der Waals surface area contributed by atoms with Crippen LogP contribution in [0.2, 0.25) is 0 Å². The van der Waals surface area contributed by atoms with Crippen LogP contribution in [0.25, 0.3) is 11.5 Å². The van der Waals surface area contributed by atoms with Crippen LogP contribution in [0.15, 0.2) is 17.0 Å². The van der Waals surface area contributed by atoms with Gasteiger partial charge in [0.1, 0.15) is 0 Å². The van der Waals surface area contributed by atoms with Crippen LogP contribution in [0, 0.1) is 0 Å². The summed E-state index contributed by atoms with van der Waals surface area (Å²) in [7, 11) is 0. The van der Waals surface area contributed by atoms with Gasteiger partial charge < -0.3 is 4.52 Å². The molecule has 0 aliphatic heterocycles. The lowest BCUT2D eigenvalue weighted by molar-refractivity contribution is -0.144. The standard InChI is InChI=1S/C12H13F3N4O/c13-12(14,15)10-9(11-16-7-18-20-11)6-17-19(10)8-4-2-1-3-5-8/h6-8H,1-5H2. The Bertz CT molecular complexity index is 570. The van der Waals surface area contributed by atoms with Crippen molar-refractivity contribution >= 4 is 0 Å². The van der Waals surface area contributed by atoms with Gasteiger partial charge in [-0.05, 0) is 12.8 Å². The Morgan fingerprint density at radius 1 is 1.20 bits per heavy atom. The first-order valence-electron chi connectivity index (χ1n) is 6.49. The largest absolute Gasteiger partial charge is 0.433 e. The van der Waals surface area contributed by atoms with Crippen LogP contribution in [-0.4, -0.2) is 19.9 Å². The van der Waals surface area contributed by atoms with Crippen molar-refractivity contribution in [3.63, 3.8) is 0 Å². The van der Waals surface area contributed by atoms with Crippen molar-refractivity contribution in [1.29, 1.82) is 0 Å². The van der Waals surface area contributed by atoms with Crippen molar-refractivity contribution < 1.29 is 17.7 Å². The third kappa shape index (κ3) is 2.30. The Kier molecular flexibility index (Phi) is 3.23. The fraction of sp³-hybridized carbons (Fsp3) is 0.583. The lowest BCUT2D eigenvalue weighted by atomic mass is 9.95. The summed E-state index contributed by atoms with van der Waals surface area (Å²) in [4.78, 5) is 3.69. The maximum atomic E-state index is 13.3. The summed E-state index contributed by atoms with van der Waals surface area (Å²) in [6, 6.07) is -0.211. The highest BCUT2D eigenvalue weighted by atomic mass is 19.4. The number of nitrogens with zero attached hydrogens (tertiary/aromatic N) is 4. The normalized spacial score (nSPS) is 17.6. The van der Waals surface area contributed by atoms with Crippen LogP contribution in [-0.2, 0) is 6.18 Å². The highest BCUT2D eigenvalue weighted by Crippen LogP contribution is 2.40. The molecule has 2 aromatic heterocycles. The van der Waals surface area contributed by atoms with Gasteiger partial charge in [0.15, 0.2) is 12.0 Å². The predicted octanol–water partition coefficient (Wildman–Crippen LogP) is 3.46. The van der Waals surface area contributed by atoms with Gasteiger partial charge in [-0.1, -0.05) is 24.4 Å². The van der Waals surface area contributed by atoms with Crippen LogP contribution in [0.5, 0.6) is 0 Å². The average molecular weight is 286 g/mol. The van der Waals surface area contributed by atoms with Crippen LogP contribution >= 0.6 is 0 Å². The summed E-state index contributed by atoms with van der Waals surface area (Å²) in [5.41, 5.74) is -0.950. The monoisotopic (exact) mass is 286 g/mol. The van der Waals surface area contributed by atoms with Crippen LogP contribution in [0.3, 0.4) is 0 Å². The first-order chi connectivity index (χ1) is 9.57. The molecular formula is C12H13F3N4O. The van der Waals surface area contributed by atoms with E-state index >= 15 is 0 Å². The molecule has 8 heteroatoms. The molecule has 1 aliphatic rings. The van der Waals surface area contributed by atoms with E-state index in [1.165, 1.54) is 0 Å². The summed E-state index contributed by atoms with van der Waals surface area (Å²) >= 11 is 0. The van der Waals surface area contributed by atoms with Gasteiger partial charge in [-0.3, -0.25) is 4.68 Å². The van der Waals surface area contributed by atoms with Gasteiger partial charge in [0.2, 0.25) is 0 Å². The van der Waals surface area contributed by atoms with Crippen molar-refractivity contribution in [2.45, 2.75) is 44.3 Å². The van der Waals surface area contributed by atoms with E-state index in [0.29, 0.717) is 12.8 Å². The van der Waals surface area contributed by atoms with E-state index in [2.05, 4.69) is 15.2 Å². The van der Waals surface area contributed by atoms with Gasteiger partial charge in [-0.25, -0.2) is 0 Å². The number of rotatable bonds is 2. The van der Waals surface area contributed by atoms with E-state index in [4.69, 9.17) is 4.52 Å². The summed E-state index contributed by atoms with van der Waals surface area (Å²) in [6.45, 7) is 0. The molecule has 0 bridgehead atoms. The van der Waals surface area contributed by atoms with Crippen LogP contribution in [0.1, 0.15) is 43.8 Å². The van der Waals surface area contributed by atoms with E-state index in [9.17, 15) is 13.2 Å². The molecule has 0 saturated heterocycles. The molecule has 0 radical (unpaired) electrons. The van der Waals surface area contributed by atoms with Crippen LogP contribution < -0.4 is 0 Å². The third-order valence-electron chi connectivity index (χ3n) is 3.58. The molecule has 0 atom stereocenters. The molecule has 3 rings (SSSR count). The summed E-state index contributed by atoms with van der Waals surface area (Å²) in [6.07, 6.45) is 2.09. The van der Waals surface area contributed by atoms with E-state index in [-0.39, 0.29) is 17.5 Å². The molecule has 0 unspecified atom stereocenters. The van der Waals surface area contributed by atoms with Gasteiger partial charge in [-0.2, -0.15) is 23.3 Å². The molecule has 20 heavy (non-hydrogen) atoms. The SMILES string of the molecule is FC(F)(F)c1c(-c2ncno2)cnn1C1CCCCC1. The zero-order valence-electron chi connectivity index (χ0n) is 10.6. The molecule has 0 N–H and O–H groups in total. The lowest BCUT2D eigenvalue weighted by Crippen LogP contribution is -2.22. The predicted molar refractivity (Wildman–Crippen MR) is 62.6 cm³/mol. The van der Waals surface area contributed by atoms with Gasteiger partial charge in [0, 0.05) is 0 Å². The molecule has 1 saturated carbocycles. The number of halogens is 3. The second-order valence-electron chi connectivity index (χ2n) is 4.89. The Hall–Kier alpha value is -1.86.